The van der Waals surface area contributed by atoms with Gasteiger partial charge in [-0.2, -0.15) is 0 Å². The average Bonchev–Trinajstić information content (AvgIpc) is 3.46. The van der Waals surface area contributed by atoms with Gasteiger partial charge >= 0.3 is 5.97 Å². The number of hydrogen-bond acceptors (Lipinski definition) is 6. The number of carbonyl (C=O) groups is 2. The minimum atomic E-state index is -0.263. The van der Waals surface area contributed by atoms with E-state index in [2.05, 4.69) is 23.6 Å². The van der Waals surface area contributed by atoms with Gasteiger partial charge in [0.25, 0.3) is 0 Å². The highest BCUT2D eigenvalue weighted by molar-refractivity contribution is 5.79. The number of Topliss-reactive ketones (excluding diaryl/α,β-unsaturated/α-hetero) is 1. The van der Waals surface area contributed by atoms with Gasteiger partial charge in [0, 0.05) is 50.4 Å². The number of aliphatic hydroxyl groups is 1. The first-order valence-corrected chi connectivity index (χ1v) is 15.1. The number of rotatable bonds is 3. The molecule has 0 aromatic heterocycles. The van der Waals surface area contributed by atoms with Crippen molar-refractivity contribution in [2.24, 2.45) is 34.5 Å². The summed E-state index contributed by atoms with van der Waals surface area (Å²) in [5, 5.41) is 11.2. The Labute approximate surface area is 217 Å². The summed E-state index contributed by atoms with van der Waals surface area (Å²) in [7, 11) is 0. The lowest BCUT2D eigenvalue weighted by Gasteiger charge is -2.62. The van der Waals surface area contributed by atoms with Gasteiger partial charge in [-0.15, -0.1) is 0 Å². The van der Waals surface area contributed by atoms with Crippen molar-refractivity contribution in [1.29, 1.82) is 0 Å². The molecular formula is C30H48N2O4. The van der Waals surface area contributed by atoms with E-state index in [9.17, 15) is 14.7 Å². The van der Waals surface area contributed by atoms with Gasteiger partial charge < -0.3 is 9.84 Å². The Bertz CT molecular complexity index is 863. The van der Waals surface area contributed by atoms with Crippen molar-refractivity contribution in [3.63, 3.8) is 0 Å². The third kappa shape index (κ3) is 4.00. The van der Waals surface area contributed by atoms with Crippen molar-refractivity contribution in [2.75, 3.05) is 26.2 Å². The lowest BCUT2D eigenvalue weighted by Crippen LogP contribution is -2.60. The molecule has 4 aliphatic carbocycles. The summed E-state index contributed by atoms with van der Waals surface area (Å²) in [6.45, 7) is 10.5. The molecular weight excluding hydrogens is 452 g/mol. The van der Waals surface area contributed by atoms with Crippen molar-refractivity contribution in [2.45, 2.75) is 116 Å². The monoisotopic (exact) mass is 500 g/mol. The Morgan fingerprint density at radius 1 is 0.917 bits per heavy atom. The van der Waals surface area contributed by atoms with E-state index in [1.54, 1.807) is 6.92 Å². The molecule has 2 saturated heterocycles. The molecule has 0 aromatic carbocycles. The Balaban J connectivity index is 1.26. The van der Waals surface area contributed by atoms with Crippen molar-refractivity contribution in [1.82, 2.24) is 9.80 Å². The number of aliphatic hydroxyl groups excluding tert-OH is 1. The van der Waals surface area contributed by atoms with Crippen LogP contribution in [-0.4, -0.2) is 77.1 Å². The van der Waals surface area contributed by atoms with Crippen molar-refractivity contribution < 1.29 is 19.4 Å². The highest BCUT2D eigenvalue weighted by Gasteiger charge is 2.65. The van der Waals surface area contributed by atoms with Crippen molar-refractivity contribution >= 4 is 11.8 Å². The molecule has 4 saturated carbocycles. The van der Waals surface area contributed by atoms with Crippen LogP contribution in [-0.2, 0) is 14.3 Å². The van der Waals surface area contributed by atoms with Gasteiger partial charge in [-0.3, -0.25) is 19.4 Å². The normalized spacial score (nSPS) is 49.8. The van der Waals surface area contributed by atoms with Crippen LogP contribution in [0.3, 0.4) is 0 Å². The highest BCUT2D eigenvalue weighted by atomic mass is 16.5. The predicted molar refractivity (Wildman–Crippen MR) is 138 cm³/mol. The van der Waals surface area contributed by atoms with Crippen LogP contribution in [0.4, 0.5) is 0 Å². The van der Waals surface area contributed by atoms with Crippen molar-refractivity contribution in [3.8, 4) is 0 Å². The summed E-state index contributed by atoms with van der Waals surface area (Å²) in [5.74, 6) is 2.84. The molecule has 0 aromatic rings. The van der Waals surface area contributed by atoms with E-state index in [1.807, 2.05) is 0 Å². The first-order valence-electron chi connectivity index (χ1n) is 15.1. The van der Waals surface area contributed by atoms with Gasteiger partial charge in [0.15, 0.2) is 0 Å². The lowest BCUT2D eigenvalue weighted by molar-refractivity contribution is -0.171. The first-order chi connectivity index (χ1) is 17.2. The van der Waals surface area contributed by atoms with E-state index in [0.29, 0.717) is 48.3 Å². The van der Waals surface area contributed by atoms with Crippen LogP contribution in [0.25, 0.3) is 0 Å². The summed E-state index contributed by atoms with van der Waals surface area (Å²) in [6.07, 6.45) is 11.6. The summed E-state index contributed by atoms with van der Waals surface area (Å²) in [5.41, 5.74) is 0.322. The fourth-order valence-electron chi connectivity index (χ4n) is 10.5. The topological polar surface area (TPSA) is 70.1 Å². The number of ether oxygens (including phenoxy) is 1. The second-order valence-electron chi connectivity index (χ2n) is 13.9. The summed E-state index contributed by atoms with van der Waals surface area (Å²) in [6, 6.07) is 0.573. The van der Waals surface area contributed by atoms with Crippen molar-refractivity contribution in [3.05, 3.63) is 0 Å². The van der Waals surface area contributed by atoms with Crippen LogP contribution >= 0.6 is 0 Å². The quantitative estimate of drug-likeness (QED) is 0.590. The second-order valence-corrected chi connectivity index (χ2v) is 13.9. The molecule has 6 heteroatoms. The number of ketones is 1. The van der Waals surface area contributed by atoms with Gasteiger partial charge in [0.1, 0.15) is 11.9 Å². The number of fused-ring (bicyclic) bond motifs is 5. The molecule has 6 nitrogen and oxygen atoms in total. The van der Waals surface area contributed by atoms with E-state index in [1.165, 1.54) is 38.5 Å². The van der Waals surface area contributed by atoms with Crippen LogP contribution in [0.15, 0.2) is 0 Å². The Morgan fingerprint density at radius 3 is 2.31 bits per heavy atom. The van der Waals surface area contributed by atoms with Gasteiger partial charge in [-0.1, -0.05) is 13.8 Å². The molecule has 36 heavy (non-hydrogen) atoms. The van der Waals surface area contributed by atoms with Crippen LogP contribution < -0.4 is 0 Å². The standard InChI is InChI=1S/C30H48N2O4/c1-19(33)36-28-25(31-12-4-5-13-31)17-24-22-7-6-20-16-27(35)26(32-14-9-21(34)10-15-32)18-30(20,3)23(22)8-11-29(24,28)2/h20,22-28,35H,4-18H2,1-3H3/t20-,22+,23-,24-,25-,26-,27-,28-,29-,30-/m0/s1. The zero-order valence-corrected chi connectivity index (χ0v) is 22.8. The number of likely N-dealkylation sites (tertiary alicyclic amines) is 2. The van der Waals surface area contributed by atoms with Crippen LogP contribution in [0.1, 0.15) is 91.4 Å². The number of nitrogens with zero attached hydrogens (tertiary/aromatic N) is 2. The Morgan fingerprint density at radius 2 is 1.61 bits per heavy atom. The van der Waals surface area contributed by atoms with E-state index >= 15 is 0 Å². The third-order valence-electron chi connectivity index (χ3n) is 12.3. The van der Waals surface area contributed by atoms with E-state index in [4.69, 9.17) is 4.74 Å². The molecule has 2 aliphatic heterocycles. The number of carbonyl (C=O) groups excluding carboxylic acids is 2. The van der Waals surface area contributed by atoms with E-state index in [0.717, 1.165) is 45.4 Å². The molecule has 6 fully saturated rings. The molecule has 2 heterocycles. The van der Waals surface area contributed by atoms with Gasteiger partial charge in [0.2, 0.25) is 0 Å². The summed E-state index contributed by atoms with van der Waals surface area (Å²) < 4.78 is 6.19. The Kier molecular flexibility index (Phi) is 6.57. The smallest absolute Gasteiger partial charge is 0.302 e. The van der Waals surface area contributed by atoms with E-state index in [-0.39, 0.29) is 35.0 Å². The SMILES string of the molecule is CC(=O)O[C@H]1[C@@H](N2CCCC2)C[C@H]2[C@@H]3CC[C@H]4C[C@H](O)[C@@H](N5CCC(=O)CC5)C[C@]4(C)[C@H]3CC[C@@]21C. The van der Waals surface area contributed by atoms with Crippen LogP contribution in [0.2, 0.25) is 0 Å². The third-order valence-corrected chi connectivity index (χ3v) is 12.3. The maximum atomic E-state index is 12.2. The number of piperidine rings is 1. The zero-order chi connectivity index (χ0) is 25.2. The molecule has 6 aliphatic rings. The summed E-state index contributed by atoms with van der Waals surface area (Å²) in [4.78, 5) is 29.2. The molecule has 0 radical (unpaired) electrons. The first kappa shape index (κ1) is 25.3. The maximum Gasteiger partial charge on any atom is 0.302 e. The summed E-state index contributed by atoms with van der Waals surface area (Å²) >= 11 is 0. The molecule has 0 bridgehead atoms. The highest BCUT2D eigenvalue weighted by Crippen LogP contribution is 2.67. The number of esters is 1. The van der Waals surface area contributed by atoms with Gasteiger partial charge in [0.05, 0.1) is 6.10 Å². The largest absolute Gasteiger partial charge is 0.460 e. The maximum absolute atomic E-state index is 12.2. The van der Waals surface area contributed by atoms with E-state index < -0.39 is 0 Å². The fraction of sp³-hybridized carbons (Fsp3) is 0.933. The minimum absolute atomic E-state index is 0.0244. The van der Waals surface area contributed by atoms with Crippen LogP contribution in [0, 0.1) is 34.5 Å². The fourth-order valence-corrected chi connectivity index (χ4v) is 10.5. The Hall–Kier alpha value is -0.980. The predicted octanol–water partition coefficient (Wildman–Crippen LogP) is 4.04. The average molecular weight is 501 g/mol. The molecule has 0 amide bonds. The molecule has 1 N–H and O–H groups in total. The number of hydrogen-bond donors (Lipinski definition) is 1. The molecule has 0 unspecified atom stereocenters. The second kappa shape index (κ2) is 9.34. The molecule has 0 spiro atoms. The van der Waals surface area contributed by atoms with Crippen LogP contribution in [0.5, 0.6) is 0 Å². The minimum Gasteiger partial charge on any atom is -0.460 e. The van der Waals surface area contributed by atoms with Gasteiger partial charge in [-0.25, -0.2) is 0 Å². The van der Waals surface area contributed by atoms with Gasteiger partial charge in [-0.05, 0) is 100.0 Å². The molecule has 6 rings (SSSR count). The molecule has 202 valence electrons. The zero-order valence-electron chi connectivity index (χ0n) is 22.8. The lowest BCUT2D eigenvalue weighted by atomic mass is 9.44. The molecule has 10 atom stereocenters.